The van der Waals surface area contributed by atoms with Gasteiger partial charge >= 0.3 is 0 Å². The number of benzene rings is 6. The van der Waals surface area contributed by atoms with Gasteiger partial charge in [0.1, 0.15) is 7.85 Å². The first-order chi connectivity index (χ1) is 30.7. The Labute approximate surface area is 391 Å². The van der Waals surface area contributed by atoms with Crippen molar-refractivity contribution < 1.29 is 0 Å². The number of allylic oxidation sites excluding steroid dienone is 4. The molecule has 0 aromatic heterocycles. The summed E-state index contributed by atoms with van der Waals surface area (Å²) in [6.07, 6.45) is 10.4. The van der Waals surface area contributed by atoms with Gasteiger partial charge in [-0.2, -0.15) is 0 Å². The van der Waals surface area contributed by atoms with Gasteiger partial charge in [-0.05, 0) is 171 Å². The number of nitrogens with two attached hydrogens (primary N) is 1. The van der Waals surface area contributed by atoms with Gasteiger partial charge in [0.15, 0.2) is 0 Å². The molecule has 6 aromatic rings. The normalized spacial score (nSPS) is 21.2. The van der Waals surface area contributed by atoms with Crippen LogP contribution in [0.3, 0.4) is 0 Å². The van der Waals surface area contributed by atoms with Crippen LogP contribution in [-0.4, -0.2) is 7.85 Å². The van der Waals surface area contributed by atoms with E-state index in [4.69, 9.17) is 12.3 Å². The van der Waals surface area contributed by atoms with Crippen molar-refractivity contribution in [1.29, 1.82) is 0 Å². The summed E-state index contributed by atoms with van der Waals surface area (Å²) in [5, 5.41) is 2.23. The van der Waals surface area contributed by atoms with Crippen LogP contribution in [0, 0.1) is 13.8 Å². The Kier molecular flexibility index (Phi) is 10.9. The van der Waals surface area contributed by atoms with Gasteiger partial charge in [-0.3, -0.25) is 0 Å². The topological polar surface area (TPSA) is 29.3 Å². The molecule has 2 N–H and O–H groups in total. The Morgan fingerprint density at radius 1 is 0.569 bits per heavy atom. The minimum atomic E-state index is 0.0163. The Balaban J connectivity index is 1.46. The molecule has 0 radical (unpaired) electrons. The van der Waals surface area contributed by atoms with E-state index in [2.05, 4.69) is 210 Å². The fraction of sp³-hybridized carbons (Fsp3) is 0.323. The molecule has 3 heteroatoms. The number of nitrogens with zero attached hydrogens (tertiary/aromatic N) is 1. The van der Waals surface area contributed by atoms with Gasteiger partial charge in [0.05, 0.1) is 5.70 Å². The first kappa shape index (κ1) is 44.4. The number of hydrogen-bond acceptors (Lipinski definition) is 2. The molecule has 0 bridgehead atoms. The molecule has 0 saturated carbocycles. The predicted octanol–water partition coefficient (Wildman–Crippen LogP) is 15.5. The highest BCUT2D eigenvalue weighted by molar-refractivity contribution is 6.25. The largest absolute Gasteiger partial charge is 0.398 e. The average Bonchev–Trinajstić information content (AvgIpc) is 3.26. The summed E-state index contributed by atoms with van der Waals surface area (Å²) < 4.78 is 0. The van der Waals surface area contributed by atoms with Crippen molar-refractivity contribution in [2.45, 2.75) is 130 Å². The van der Waals surface area contributed by atoms with E-state index in [-0.39, 0.29) is 21.7 Å². The molecule has 0 fully saturated rings. The Hall–Kier alpha value is -5.80. The number of fused-ring (bicyclic) bond motifs is 4. The molecule has 1 aliphatic heterocycles. The first-order valence-electron chi connectivity index (χ1n) is 24.0. The number of hydrogen-bond donors (Lipinski definition) is 1. The minimum absolute atomic E-state index is 0.0163. The van der Waals surface area contributed by atoms with Crippen LogP contribution >= 0.6 is 0 Å². The molecule has 0 atom stereocenters. The molecule has 2 aliphatic carbocycles. The van der Waals surface area contributed by atoms with Crippen LogP contribution in [0.2, 0.25) is 0 Å². The van der Waals surface area contributed by atoms with Crippen LogP contribution in [0.1, 0.15) is 144 Å². The van der Waals surface area contributed by atoms with Gasteiger partial charge in [0, 0.05) is 33.6 Å². The molecule has 0 amide bonds. The number of nitrogen functional groups attached to an aromatic ring is 1. The monoisotopic (exact) mass is 853 g/mol. The van der Waals surface area contributed by atoms with Crippen molar-refractivity contribution in [3.8, 4) is 11.1 Å². The third kappa shape index (κ3) is 7.73. The fourth-order valence-corrected chi connectivity index (χ4v) is 11.4. The molecular weight excluding hydrogens is 784 g/mol. The highest BCUT2D eigenvalue weighted by atomic mass is 15.2. The molecule has 0 spiro atoms. The van der Waals surface area contributed by atoms with Gasteiger partial charge < -0.3 is 10.6 Å². The van der Waals surface area contributed by atoms with Crippen molar-refractivity contribution in [1.82, 2.24) is 0 Å². The predicted molar refractivity (Wildman–Crippen MR) is 286 cm³/mol. The van der Waals surface area contributed by atoms with E-state index in [9.17, 15) is 0 Å². The van der Waals surface area contributed by atoms with E-state index in [1.807, 2.05) is 0 Å². The van der Waals surface area contributed by atoms with E-state index in [1.54, 1.807) is 0 Å². The molecule has 65 heavy (non-hydrogen) atoms. The third-order valence-electron chi connectivity index (χ3n) is 15.9. The van der Waals surface area contributed by atoms with Crippen LogP contribution in [0.25, 0.3) is 39.2 Å². The fourth-order valence-electron chi connectivity index (χ4n) is 11.4. The second-order valence-corrected chi connectivity index (χ2v) is 22.5. The lowest BCUT2D eigenvalue weighted by Gasteiger charge is -2.44. The summed E-state index contributed by atoms with van der Waals surface area (Å²) in [6, 6.07) is 41.2. The zero-order chi connectivity index (χ0) is 46.4. The highest BCUT2D eigenvalue weighted by Gasteiger charge is 2.40. The molecule has 330 valence electrons. The minimum Gasteiger partial charge on any atom is -0.398 e. The van der Waals surface area contributed by atoms with E-state index in [0.29, 0.717) is 0 Å². The van der Waals surface area contributed by atoms with Crippen LogP contribution in [0.5, 0.6) is 0 Å². The van der Waals surface area contributed by atoms with Crippen LogP contribution in [-0.2, 0) is 28.1 Å². The van der Waals surface area contributed by atoms with E-state index in [1.165, 1.54) is 79.6 Å². The molecule has 0 saturated heterocycles. The van der Waals surface area contributed by atoms with Gasteiger partial charge in [-0.25, -0.2) is 0 Å². The highest BCUT2D eigenvalue weighted by Crippen LogP contribution is 2.51. The van der Waals surface area contributed by atoms with Crippen LogP contribution in [0.15, 0.2) is 139 Å². The molecule has 2 nitrogen and oxygen atoms in total. The van der Waals surface area contributed by atoms with Crippen molar-refractivity contribution >= 4 is 47.3 Å². The molecular formula is C62H69BN2. The second kappa shape index (κ2) is 16.0. The quantitative estimate of drug-likeness (QED) is 0.138. The summed E-state index contributed by atoms with van der Waals surface area (Å²) in [6.45, 7) is 31.2. The third-order valence-corrected chi connectivity index (χ3v) is 15.9. The van der Waals surface area contributed by atoms with E-state index in [0.717, 1.165) is 69.4 Å². The summed E-state index contributed by atoms with van der Waals surface area (Å²) in [7, 11) is 2.19. The Morgan fingerprint density at radius 3 is 1.85 bits per heavy atom. The van der Waals surface area contributed by atoms with Crippen molar-refractivity contribution in [3.05, 3.63) is 194 Å². The second-order valence-electron chi connectivity index (χ2n) is 22.5. The summed E-state index contributed by atoms with van der Waals surface area (Å²) in [4.78, 5) is 2.58. The molecule has 1 heterocycles. The van der Waals surface area contributed by atoms with Crippen LogP contribution < -0.4 is 10.6 Å². The SMILES string of the molecule is BC(=C)/C1=C\C(c2ccccc2C)=C(\C)Cc2cccc(-c3ccc4ccccc4c3N)c2/C=C(/c2cc3c(cc2C)C(C)(C)CCC3(C)C)N1c1ccc2c(c1)C(C)(C)CCC2(C)C. The maximum atomic E-state index is 7.28. The lowest BCUT2D eigenvalue weighted by Crippen LogP contribution is -2.35. The Bertz CT molecular complexity index is 3030. The van der Waals surface area contributed by atoms with Crippen molar-refractivity contribution in [2.75, 3.05) is 10.6 Å². The van der Waals surface area contributed by atoms with Gasteiger partial charge in [-0.1, -0.05) is 157 Å². The van der Waals surface area contributed by atoms with Gasteiger partial charge in [-0.15, -0.1) is 6.58 Å². The van der Waals surface area contributed by atoms with Gasteiger partial charge in [0.25, 0.3) is 0 Å². The average molecular weight is 853 g/mol. The summed E-state index contributed by atoms with van der Waals surface area (Å²) in [5.41, 5.74) is 30.7. The summed E-state index contributed by atoms with van der Waals surface area (Å²) in [5.74, 6) is 0. The zero-order valence-corrected chi connectivity index (χ0v) is 41.3. The maximum Gasteiger partial charge on any atom is 0.141 e. The number of aryl methyl sites for hydroxylation is 2. The molecule has 9 rings (SSSR count). The lowest BCUT2D eigenvalue weighted by molar-refractivity contribution is 0.331. The molecule has 3 aliphatic rings. The van der Waals surface area contributed by atoms with E-state index < -0.39 is 0 Å². The van der Waals surface area contributed by atoms with Crippen LogP contribution in [0.4, 0.5) is 11.4 Å². The lowest BCUT2D eigenvalue weighted by atomic mass is 9.62. The zero-order valence-electron chi connectivity index (χ0n) is 41.3. The van der Waals surface area contributed by atoms with Crippen molar-refractivity contribution in [2.24, 2.45) is 0 Å². The standard InChI is InChI=1S/C62H69BN2/c1-38-18-13-15-21-45(38)49-36-56(41(4)63)65(44-25-27-52-54(34-44)61(9,10)29-28-59(52,5)6)57(50-35-55-53(33-40(50)3)60(7,8)30-31-62(55,11)12)37-51-43(32-39(49)2)20-17-23-47(51)48-26-24-42-19-14-16-22-46(42)58(48)64/h13-27,33-37H,4,28-32,63-64H2,1-3,5-12H3/b49-39+,56-36+,57-37-. The number of rotatable bonds is 5. The first-order valence-corrected chi connectivity index (χ1v) is 24.0. The van der Waals surface area contributed by atoms with E-state index >= 15 is 0 Å². The van der Waals surface area contributed by atoms with Gasteiger partial charge in [0.2, 0.25) is 0 Å². The summed E-state index contributed by atoms with van der Waals surface area (Å²) >= 11 is 0. The smallest absolute Gasteiger partial charge is 0.141 e. The van der Waals surface area contributed by atoms with Crippen molar-refractivity contribution in [3.63, 3.8) is 0 Å². The number of anilines is 2. The maximum absolute atomic E-state index is 7.28. The molecule has 6 aromatic carbocycles. The Morgan fingerprint density at radius 2 is 1.17 bits per heavy atom. The molecule has 0 unspecified atom stereocenters.